The second-order valence-electron chi connectivity index (χ2n) is 1.56. The first-order chi connectivity index (χ1) is 4.68. The van der Waals surface area contributed by atoms with E-state index in [1.807, 2.05) is 34.9 Å². The fourth-order valence-corrected chi connectivity index (χ4v) is 0. The predicted octanol–water partition coefficient (Wildman–Crippen LogP) is 1.85. The second kappa shape index (κ2) is 23.4. The summed E-state index contributed by atoms with van der Waals surface area (Å²) in [5.41, 5.74) is 0. The summed E-state index contributed by atoms with van der Waals surface area (Å²) < 4.78 is 0. The topological polar surface area (TPSA) is 29.1 Å². The van der Waals surface area contributed by atoms with E-state index in [1.54, 1.807) is 6.92 Å². The van der Waals surface area contributed by atoms with Gasteiger partial charge in [0, 0.05) is 6.42 Å². The molecule has 0 amide bonds. The molecule has 0 aliphatic heterocycles. The normalized spacial score (nSPS) is 6.20. The van der Waals surface area contributed by atoms with E-state index >= 15 is 0 Å². The third kappa shape index (κ3) is 126. The first kappa shape index (κ1) is 16.3. The van der Waals surface area contributed by atoms with E-state index < -0.39 is 0 Å². The van der Waals surface area contributed by atoms with E-state index in [1.165, 1.54) is 0 Å². The van der Waals surface area contributed by atoms with Crippen LogP contribution in [0.4, 0.5) is 0 Å². The van der Waals surface area contributed by atoms with Crippen LogP contribution in [0.25, 0.3) is 0 Å². The molecular formula is C8H21NO. The Balaban J connectivity index is -0.0000000847. The second-order valence-corrected chi connectivity index (χ2v) is 1.56. The van der Waals surface area contributed by atoms with Gasteiger partial charge in [-0.2, -0.15) is 0 Å². The van der Waals surface area contributed by atoms with Crippen LogP contribution in [-0.4, -0.2) is 19.9 Å². The van der Waals surface area contributed by atoms with Crippen LogP contribution in [0.5, 0.6) is 0 Å². The fourth-order valence-electron chi connectivity index (χ4n) is 0. The molecular weight excluding hydrogens is 126 g/mol. The molecule has 64 valence electrons. The number of hydrogen-bond acceptors (Lipinski definition) is 2. The zero-order chi connectivity index (χ0) is 8.99. The van der Waals surface area contributed by atoms with Gasteiger partial charge in [0.2, 0.25) is 0 Å². The molecule has 0 radical (unpaired) electrons. The van der Waals surface area contributed by atoms with Crippen molar-refractivity contribution >= 4 is 5.78 Å². The lowest BCUT2D eigenvalue weighted by Crippen LogP contribution is -1.89. The molecule has 0 aromatic carbocycles. The summed E-state index contributed by atoms with van der Waals surface area (Å²) in [7, 11) is 3.75. The summed E-state index contributed by atoms with van der Waals surface area (Å²) in [5, 5.41) is 2.75. The highest BCUT2D eigenvalue weighted by Crippen LogP contribution is 1.71. The van der Waals surface area contributed by atoms with E-state index in [-0.39, 0.29) is 5.78 Å². The molecule has 0 atom stereocenters. The summed E-state index contributed by atoms with van der Waals surface area (Å²) in [6.45, 7) is 7.43. The molecule has 0 saturated heterocycles. The van der Waals surface area contributed by atoms with Crippen LogP contribution in [0.3, 0.4) is 0 Å². The van der Waals surface area contributed by atoms with Crippen LogP contribution in [-0.2, 0) is 4.79 Å². The summed E-state index contributed by atoms with van der Waals surface area (Å²) >= 11 is 0. The molecule has 2 heteroatoms. The van der Waals surface area contributed by atoms with Crippen molar-refractivity contribution in [3.05, 3.63) is 0 Å². The molecule has 0 spiro atoms. The summed E-state index contributed by atoms with van der Waals surface area (Å²) in [4.78, 5) is 9.81. The van der Waals surface area contributed by atoms with Crippen LogP contribution in [0.1, 0.15) is 34.1 Å². The van der Waals surface area contributed by atoms with E-state index in [9.17, 15) is 4.79 Å². The molecule has 10 heavy (non-hydrogen) atoms. The van der Waals surface area contributed by atoms with Crippen LogP contribution < -0.4 is 5.32 Å². The molecule has 0 unspecified atom stereocenters. The molecule has 0 aliphatic rings. The highest BCUT2D eigenvalue weighted by atomic mass is 16.1. The van der Waals surface area contributed by atoms with Gasteiger partial charge in [-0.1, -0.05) is 20.8 Å². The number of ketones is 1. The number of hydrogen-bond donors (Lipinski definition) is 1. The Bertz CT molecular complexity index is 53.2. The third-order valence-corrected chi connectivity index (χ3v) is 0.498. The van der Waals surface area contributed by atoms with Crippen LogP contribution in [0.15, 0.2) is 0 Å². The maximum atomic E-state index is 9.81. The Kier molecular flexibility index (Phi) is 38.2. The minimum absolute atomic E-state index is 0.255. The van der Waals surface area contributed by atoms with Gasteiger partial charge in [0.1, 0.15) is 5.78 Å². The number of nitrogens with one attached hydrogen (secondary N) is 1. The zero-order valence-electron chi connectivity index (χ0n) is 8.12. The smallest absolute Gasteiger partial charge is 0.129 e. The van der Waals surface area contributed by atoms with Gasteiger partial charge in [0.05, 0.1) is 0 Å². The Labute approximate surface area is 65.0 Å². The maximum absolute atomic E-state index is 9.81. The van der Waals surface area contributed by atoms with E-state index in [4.69, 9.17) is 0 Å². The van der Waals surface area contributed by atoms with Gasteiger partial charge in [-0.05, 0) is 21.0 Å². The lowest BCUT2D eigenvalue weighted by atomic mass is 10.4. The lowest BCUT2D eigenvalue weighted by molar-refractivity contribution is -0.116. The average Bonchev–Trinajstić information content (AvgIpc) is 1.94. The monoisotopic (exact) mass is 147 g/mol. The average molecular weight is 147 g/mol. The van der Waals surface area contributed by atoms with Crippen LogP contribution in [0.2, 0.25) is 0 Å². The van der Waals surface area contributed by atoms with Crippen molar-refractivity contribution in [1.82, 2.24) is 5.32 Å². The van der Waals surface area contributed by atoms with E-state index in [0.717, 1.165) is 0 Å². The highest BCUT2D eigenvalue weighted by molar-refractivity contribution is 5.74. The molecule has 0 fully saturated rings. The maximum Gasteiger partial charge on any atom is 0.129 e. The first-order valence-electron chi connectivity index (χ1n) is 3.76. The van der Waals surface area contributed by atoms with Gasteiger partial charge in [0.15, 0.2) is 0 Å². The molecule has 0 aliphatic carbocycles. The summed E-state index contributed by atoms with van der Waals surface area (Å²) in [5.74, 6) is 0.255. The van der Waals surface area contributed by atoms with E-state index in [2.05, 4.69) is 5.32 Å². The predicted molar refractivity (Wildman–Crippen MR) is 47.3 cm³/mol. The zero-order valence-corrected chi connectivity index (χ0v) is 8.12. The Morgan fingerprint density at radius 2 is 1.40 bits per heavy atom. The number of carbonyl (C=O) groups excluding carboxylic acids is 1. The molecule has 1 N–H and O–H groups in total. The van der Waals surface area contributed by atoms with Crippen molar-refractivity contribution < 1.29 is 4.79 Å². The van der Waals surface area contributed by atoms with Crippen LogP contribution in [0, 0.1) is 0 Å². The van der Waals surface area contributed by atoms with Crippen molar-refractivity contribution in [2.24, 2.45) is 0 Å². The van der Waals surface area contributed by atoms with Crippen molar-refractivity contribution in [2.45, 2.75) is 34.1 Å². The largest absolute Gasteiger partial charge is 0.323 e. The Morgan fingerprint density at radius 3 is 1.40 bits per heavy atom. The van der Waals surface area contributed by atoms with Gasteiger partial charge in [-0.25, -0.2) is 0 Å². The molecule has 0 aromatic heterocycles. The Morgan fingerprint density at radius 1 is 1.30 bits per heavy atom. The minimum Gasteiger partial charge on any atom is -0.323 e. The molecule has 0 aromatic rings. The van der Waals surface area contributed by atoms with Crippen LogP contribution >= 0.6 is 0 Å². The molecule has 0 saturated carbocycles. The van der Waals surface area contributed by atoms with Gasteiger partial charge >= 0.3 is 0 Å². The number of Topliss-reactive ketones (excluding diaryl/α,β-unsaturated/α-hetero) is 1. The van der Waals surface area contributed by atoms with Gasteiger partial charge in [-0.3, -0.25) is 0 Å². The van der Waals surface area contributed by atoms with Crippen molar-refractivity contribution in [2.75, 3.05) is 14.1 Å². The first-order valence-corrected chi connectivity index (χ1v) is 3.76. The summed E-state index contributed by atoms with van der Waals surface area (Å²) in [6, 6.07) is 0. The quantitative estimate of drug-likeness (QED) is 0.613. The highest BCUT2D eigenvalue weighted by Gasteiger charge is 1.76. The molecule has 0 heterocycles. The number of rotatable bonds is 1. The SMILES string of the molecule is CC.CCC(C)=O.CNC. The lowest BCUT2D eigenvalue weighted by Gasteiger charge is -1.71. The minimum atomic E-state index is 0.255. The van der Waals surface area contributed by atoms with Gasteiger partial charge < -0.3 is 10.1 Å². The number of carbonyl (C=O) groups is 1. The van der Waals surface area contributed by atoms with Gasteiger partial charge in [-0.15, -0.1) is 0 Å². The van der Waals surface area contributed by atoms with Crippen molar-refractivity contribution in [3.8, 4) is 0 Å². The fraction of sp³-hybridized carbons (Fsp3) is 0.875. The van der Waals surface area contributed by atoms with E-state index in [0.29, 0.717) is 6.42 Å². The Hall–Kier alpha value is -0.370. The molecule has 2 nitrogen and oxygen atoms in total. The standard InChI is InChI=1S/C4H8O.C2H7N.C2H6/c1-3-4(2)5;1-3-2;1-2/h3H2,1-2H3;3H,1-2H3;1-2H3. The van der Waals surface area contributed by atoms with Gasteiger partial charge in [0.25, 0.3) is 0 Å². The van der Waals surface area contributed by atoms with Crippen molar-refractivity contribution in [3.63, 3.8) is 0 Å². The summed E-state index contributed by atoms with van der Waals surface area (Å²) in [6.07, 6.45) is 0.667. The molecule has 0 rings (SSSR count). The third-order valence-electron chi connectivity index (χ3n) is 0.498. The van der Waals surface area contributed by atoms with Crippen molar-refractivity contribution in [1.29, 1.82) is 0 Å². The molecule has 0 bridgehead atoms.